The maximum Gasteiger partial charge on any atom is 0.226 e. The summed E-state index contributed by atoms with van der Waals surface area (Å²) in [6.07, 6.45) is 1.85. The van der Waals surface area contributed by atoms with Gasteiger partial charge in [0, 0.05) is 97.7 Å². The molecular formula is C48H81N5O7. The second-order valence-electron chi connectivity index (χ2n) is 18.2. The number of benzene rings is 1. The highest BCUT2D eigenvalue weighted by Crippen LogP contribution is 2.32. The van der Waals surface area contributed by atoms with Gasteiger partial charge in [-0.25, -0.2) is 0 Å². The number of hydrogen-bond acceptors (Lipinski definition) is 9. The fourth-order valence-electron chi connectivity index (χ4n) is 9.87. The molecule has 1 aromatic rings. The number of likely N-dealkylation sites (tertiary alicyclic amines) is 1. The highest BCUT2D eigenvalue weighted by atomic mass is 16.5. The van der Waals surface area contributed by atoms with E-state index in [1.807, 2.05) is 69.9 Å². The van der Waals surface area contributed by atoms with Gasteiger partial charge in [-0.15, -0.1) is 0 Å². The lowest BCUT2D eigenvalue weighted by molar-refractivity contribution is -0.149. The van der Waals surface area contributed by atoms with Crippen LogP contribution in [0, 0.1) is 35.5 Å². The largest absolute Gasteiger partial charge is 0.379 e. The van der Waals surface area contributed by atoms with Gasteiger partial charge < -0.3 is 29.5 Å². The molecule has 2 aliphatic heterocycles. The van der Waals surface area contributed by atoms with Crippen LogP contribution in [-0.4, -0.2) is 146 Å². The SMILES string of the molecule is CC[C@H](C)[C@@H](C(CC(=O)N1CCC[C@H]1[C@H](OC)[C@@H](C)C(=O)C[C@@H](Cc1ccccc1)C(=O)N(CC)CC)OC)N(C)C(=O)[C@@H](CC(=O)[C@H](C(C)C)N1CCNCC1)C(C)C. The number of carbonyl (C=O) groups is 5. The van der Waals surface area contributed by atoms with E-state index in [2.05, 4.69) is 37.9 Å². The zero-order chi connectivity index (χ0) is 44.7. The summed E-state index contributed by atoms with van der Waals surface area (Å²) in [4.78, 5) is 78.5. The predicted octanol–water partition coefficient (Wildman–Crippen LogP) is 5.75. The van der Waals surface area contributed by atoms with Crippen LogP contribution in [-0.2, 0) is 39.9 Å². The molecule has 0 radical (unpaired) electrons. The predicted molar refractivity (Wildman–Crippen MR) is 238 cm³/mol. The van der Waals surface area contributed by atoms with Crippen LogP contribution in [0.1, 0.15) is 106 Å². The molecule has 2 heterocycles. The first-order valence-corrected chi connectivity index (χ1v) is 23.0. The zero-order valence-corrected chi connectivity index (χ0v) is 39.3. The lowest BCUT2D eigenvalue weighted by atomic mass is 9.83. The van der Waals surface area contributed by atoms with Crippen molar-refractivity contribution < 1.29 is 33.4 Å². The van der Waals surface area contributed by atoms with Crippen LogP contribution >= 0.6 is 0 Å². The fourth-order valence-corrected chi connectivity index (χ4v) is 9.87. The lowest BCUT2D eigenvalue weighted by Gasteiger charge is -2.41. The minimum Gasteiger partial charge on any atom is -0.379 e. The van der Waals surface area contributed by atoms with E-state index in [1.165, 1.54) is 0 Å². The van der Waals surface area contributed by atoms with Crippen molar-refractivity contribution in [3.8, 4) is 0 Å². The van der Waals surface area contributed by atoms with Crippen LogP contribution in [0.15, 0.2) is 30.3 Å². The number of piperazine rings is 1. The van der Waals surface area contributed by atoms with Gasteiger partial charge in [0.05, 0.1) is 36.8 Å². The summed E-state index contributed by atoms with van der Waals surface area (Å²) in [6, 6.07) is 8.84. The van der Waals surface area contributed by atoms with E-state index < -0.39 is 36.0 Å². The Labute approximate surface area is 362 Å². The molecule has 2 aliphatic rings. The smallest absolute Gasteiger partial charge is 0.226 e. The topological polar surface area (TPSA) is 129 Å². The molecule has 12 heteroatoms. The van der Waals surface area contributed by atoms with E-state index in [9.17, 15) is 24.0 Å². The molecule has 2 saturated heterocycles. The quantitative estimate of drug-likeness (QED) is 0.131. The van der Waals surface area contributed by atoms with Gasteiger partial charge in [0.2, 0.25) is 17.7 Å². The lowest BCUT2D eigenvalue weighted by Crippen LogP contribution is -2.55. The first kappa shape index (κ1) is 51.2. The van der Waals surface area contributed by atoms with E-state index in [-0.39, 0.29) is 78.4 Å². The van der Waals surface area contributed by atoms with Crippen molar-refractivity contribution in [2.45, 2.75) is 138 Å². The molecule has 340 valence electrons. The Morgan fingerprint density at radius 2 is 1.43 bits per heavy atom. The maximum absolute atomic E-state index is 14.6. The summed E-state index contributed by atoms with van der Waals surface area (Å²) in [5.41, 5.74) is 1.01. The van der Waals surface area contributed by atoms with E-state index >= 15 is 0 Å². The number of amides is 3. The molecule has 1 N–H and O–H groups in total. The molecular weight excluding hydrogens is 759 g/mol. The van der Waals surface area contributed by atoms with Crippen LogP contribution < -0.4 is 5.32 Å². The number of hydrogen-bond donors (Lipinski definition) is 1. The molecule has 3 amide bonds. The second-order valence-corrected chi connectivity index (χ2v) is 18.2. The van der Waals surface area contributed by atoms with Gasteiger partial charge in [-0.1, -0.05) is 85.2 Å². The summed E-state index contributed by atoms with van der Waals surface area (Å²) < 4.78 is 12.2. The summed E-state index contributed by atoms with van der Waals surface area (Å²) >= 11 is 0. The molecule has 0 saturated carbocycles. The number of likely N-dealkylation sites (N-methyl/N-ethyl adjacent to an activating group) is 1. The van der Waals surface area contributed by atoms with Gasteiger partial charge in [-0.05, 0) is 56.4 Å². The Bertz CT molecular complexity index is 1500. The molecule has 0 aliphatic carbocycles. The zero-order valence-electron chi connectivity index (χ0n) is 39.3. The van der Waals surface area contributed by atoms with E-state index in [0.29, 0.717) is 32.5 Å². The molecule has 2 fully saturated rings. The van der Waals surface area contributed by atoms with Crippen molar-refractivity contribution >= 4 is 29.3 Å². The minimum atomic E-state index is -0.597. The standard InChI is InChI=1S/C48H81N5O7/c1-13-34(8)45(50(10)48(58)38(32(4)5)30-41(55)44(33(6)7)52-26-23-49-24-27-52)42(59-11)31-43(56)53-25-19-22-39(53)46(60-12)35(9)40(54)29-37(47(57)51(14-2)15-3)28-36-20-17-16-18-21-36/h16-18,20-21,32-35,37-39,42,44-46,49H,13-15,19,22-31H2,1-12H3/t34-,35-,37+,38-,39-,42?,44-,45-,46+/m0/s1. The molecule has 1 unspecified atom stereocenters. The Balaban J connectivity index is 1.80. The minimum absolute atomic E-state index is 0.00565. The highest BCUT2D eigenvalue weighted by Gasteiger charge is 2.44. The molecule has 60 heavy (non-hydrogen) atoms. The van der Waals surface area contributed by atoms with Crippen LogP contribution in [0.3, 0.4) is 0 Å². The molecule has 9 atom stereocenters. The van der Waals surface area contributed by atoms with Gasteiger partial charge in [0.25, 0.3) is 0 Å². The number of nitrogens with zero attached hydrogens (tertiary/aromatic N) is 4. The molecule has 3 rings (SSSR count). The number of ketones is 2. The first-order valence-electron chi connectivity index (χ1n) is 23.0. The van der Waals surface area contributed by atoms with Gasteiger partial charge in [-0.3, -0.25) is 28.9 Å². The van der Waals surface area contributed by atoms with Crippen molar-refractivity contribution in [2.24, 2.45) is 35.5 Å². The van der Waals surface area contributed by atoms with E-state index in [1.54, 1.807) is 31.1 Å². The van der Waals surface area contributed by atoms with E-state index in [0.717, 1.165) is 44.6 Å². The molecule has 12 nitrogen and oxygen atoms in total. The molecule has 1 aromatic carbocycles. The van der Waals surface area contributed by atoms with Gasteiger partial charge >= 0.3 is 0 Å². The van der Waals surface area contributed by atoms with Crippen LogP contribution in [0.5, 0.6) is 0 Å². The number of nitrogens with one attached hydrogen (secondary N) is 1. The average molecular weight is 840 g/mol. The number of rotatable bonds is 25. The van der Waals surface area contributed by atoms with Gasteiger partial charge in [0.1, 0.15) is 5.78 Å². The third-order valence-electron chi connectivity index (χ3n) is 13.6. The normalized spacial score (nSPS) is 20.2. The van der Waals surface area contributed by atoms with E-state index in [4.69, 9.17) is 9.47 Å². The van der Waals surface area contributed by atoms with Crippen LogP contribution in [0.4, 0.5) is 0 Å². The van der Waals surface area contributed by atoms with Crippen molar-refractivity contribution in [3.63, 3.8) is 0 Å². The van der Waals surface area contributed by atoms with Crippen molar-refractivity contribution in [2.75, 3.05) is 67.1 Å². The van der Waals surface area contributed by atoms with Crippen LogP contribution in [0.2, 0.25) is 0 Å². The first-order chi connectivity index (χ1) is 28.6. The molecule has 0 spiro atoms. The molecule has 0 aromatic heterocycles. The van der Waals surface area contributed by atoms with Gasteiger partial charge in [0.15, 0.2) is 5.78 Å². The number of methoxy groups -OCH3 is 2. The summed E-state index contributed by atoms with van der Waals surface area (Å²) in [5.74, 6) is -1.68. The van der Waals surface area contributed by atoms with Crippen molar-refractivity contribution in [3.05, 3.63) is 35.9 Å². The highest BCUT2D eigenvalue weighted by molar-refractivity contribution is 5.90. The average Bonchev–Trinajstić information content (AvgIpc) is 3.72. The third-order valence-corrected chi connectivity index (χ3v) is 13.6. The maximum atomic E-state index is 14.6. The van der Waals surface area contributed by atoms with Crippen molar-refractivity contribution in [1.29, 1.82) is 0 Å². The van der Waals surface area contributed by atoms with Crippen molar-refractivity contribution in [1.82, 2.24) is 24.9 Å². The summed E-state index contributed by atoms with van der Waals surface area (Å²) in [6.45, 7) is 23.1. The Morgan fingerprint density at radius 3 is 1.97 bits per heavy atom. The number of carbonyl (C=O) groups excluding carboxylic acids is 5. The Kier molecular flexibility index (Phi) is 21.4. The third kappa shape index (κ3) is 13.4. The molecule has 0 bridgehead atoms. The van der Waals surface area contributed by atoms with Crippen LogP contribution in [0.25, 0.3) is 0 Å². The van der Waals surface area contributed by atoms with Gasteiger partial charge in [-0.2, -0.15) is 0 Å². The number of Topliss-reactive ketones (excluding diaryl/α,β-unsaturated/α-hetero) is 2. The monoisotopic (exact) mass is 840 g/mol. The summed E-state index contributed by atoms with van der Waals surface area (Å²) in [5, 5.41) is 3.37. The Hall–Kier alpha value is -3.19. The summed E-state index contributed by atoms with van der Waals surface area (Å²) in [7, 11) is 4.99. The fraction of sp³-hybridized carbons (Fsp3) is 0.771. The number of ether oxygens (including phenoxy) is 2. The Morgan fingerprint density at radius 1 is 0.800 bits per heavy atom. The second kappa shape index (κ2) is 25.1.